The van der Waals surface area contributed by atoms with Crippen LogP contribution in [0.5, 0.6) is 11.5 Å². The van der Waals surface area contributed by atoms with Gasteiger partial charge in [-0.15, -0.1) is 0 Å². The molecule has 24 heavy (non-hydrogen) atoms. The van der Waals surface area contributed by atoms with Crippen molar-refractivity contribution in [2.75, 3.05) is 20.3 Å². The van der Waals surface area contributed by atoms with Crippen LogP contribution in [0.2, 0.25) is 0 Å². The highest BCUT2D eigenvalue weighted by molar-refractivity contribution is 7.89. The molecule has 0 heterocycles. The number of sulfonamides is 1. The molecule has 0 aliphatic carbocycles. The third kappa shape index (κ3) is 4.42. The Morgan fingerprint density at radius 2 is 1.83 bits per heavy atom. The monoisotopic (exact) mass is 357 g/mol. The summed E-state index contributed by atoms with van der Waals surface area (Å²) in [6.07, 6.45) is 0. The number of ether oxygens (including phenoxy) is 2. The second-order valence-electron chi connectivity index (χ2n) is 4.95. The quantitative estimate of drug-likeness (QED) is 0.774. The lowest BCUT2D eigenvalue weighted by molar-refractivity contribution is 0.319. The van der Waals surface area contributed by atoms with Gasteiger partial charge in [0.2, 0.25) is 10.0 Å². The fourth-order valence-electron chi connectivity index (χ4n) is 2.01. The van der Waals surface area contributed by atoms with E-state index in [1.807, 2.05) is 0 Å². The van der Waals surface area contributed by atoms with Crippen molar-refractivity contribution in [1.82, 2.24) is 4.72 Å². The molecule has 2 aromatic rings. The molecule has 0 fully saturated rings. The van der Waals surface area contributed by atoms with Gasteiger partial charge in [-0.25, -0.2) is 21.9 Å². The van der Waals surface area contributed by atoms with E-state index < -0.39 is 21.7 Å². The van der Waals surface area contributed by atoms with Crippen LogP contribution in [0.3, 0.4) is 0 Å². The van der Waals surface area contributed by atoms with Crippen molar-refractivity contribution in [2.45, 2.75) is 11.8 Å². The molecule has 2 rings (SSSR count). The summed E-state index contributed by atoms with van der Waals surface area (Å²) in [5, 5.41) is 0. The Kier molecular flexibility index (Phi) is 5.74. The van der Waals surface area contributed by atoms with Crippen molar-refractivity contribution < 1.29 is 26.7 Å². The van der Waals surface area contributed by atoms with E-state index in [2.05, 4.69) is 4.72 Å². The summed E-state index contributed by atoms with van der Waals surface area (Å²) in [7, 11) is -2.19. The van der Waals surface area contributed by atoms with E-state index >= 15 is 0 Å². The predicted octanol–water partition coefficient (Wildman–Crippen LogP) is 2.64. The minimum absolute atomic E-state index is 0.0214. The summed E-state index contributed by atoms with van der Waals surface area (Å²) < 4.78 is 62.8. The fraction of sp³-hybridized carbons (Fsp3) is 0.250. The predicted molar refractivity (Wildman–Crippen MR) is 84.8 cm³/mol. The maximum atomic E-state index is 13.0. The van der Waals surface area contributed by atoms with Crippen molar-refractivity contribution in [3.63, 3.8) is 0 Å². The molecule has 0 saturated carbocycles. The molecular formula is C16H17F2NO4S. The molecule has 0 saturated heterocycles. The Balaban J connectivity index is 1.93. The van der Waals surface area contributed by atoms with Crippen molar-refractivity contribution in [2.24, 2.45) is 0 Å². The van der Waals surface area contributed by atoms with Crippen molar-refractivity contribution >= 4 is 10.0 Å². The van der Waals surface area contributed by atoms with E-state index in [0.29, 0.717) is 11.3 Å². The highest BCUT2D eigenvalue weighted by Gasteiger charge is 2.15. The normalized spacial score (nSPS) is 11.3. The second kappa shape index (κ2) is 7.59. The molecule has 0 atom stereocenters. The van der Waals surface area contributed by atoms with Gasteiger partial charge in [0.15, 0.2) is 11.6 Å². The molecule has 0 radical (unpaired) electrons. The minimum Gasteiger partial charge on any atom is -0.496 e. The smallest absolute Gasteiger partial charge is 0.240 e. The van der Waals surface area contributed by atoms with E-state index in [1.54, 1.807) is 13.0 Å². The van der Waals surface area contributed by atoms with Crippen LogP contribution in [0, 0.1) is 18.6 Å². The van der Waals surface area contributed by atoms with Gasteiger partial charge in [0, 0.05) is 12.6 Å². The van der Waals surface area contributed by atoms with Crippen molar-refractivity contribution in [3.8, 4) is 11.5 Å². The number of nitrogens with one attached hydrogen (secondary N) is 1. The zero-order valence-electron chi connectivity index (χ0n) is 13.2. The first-order valence-electron chi connectivity index (χ1n) is 7.05. The van der Waals surface area contributed by atoms with Gasteiger partial charge in [0.1, 0.15) is 18.1 Å². The lowest BCUT2D eigenvalue weighted by Gasteiger charge is -2.10. The van der Waals surface area contributed by atoms with Gasteiger partial charge < -0.3 is 9.47 Å². The molecule has 130 valence electrons. The molecule has 5 nitrogen and oxygen atoms in total. The van der Waals surface area contributed by atoms with Crippen LogP contribution in [-0.4, -0.2) is 28.7 Å². The largest absolute Gasteiger partial charge is 0.496 e. The molecule has 8 heteroatoms. The number of rotatable bonds is 7. The van der Waals surface area contributed by atoms with E-state index in [0.717, 1.165) is 12.1 Å². The molecule has 0 spiro atoms. The number of hydrogen-bond donors (Lipinski definition) is 1. The van der Waals surface area contributed by atoms with Crippen molar-refractivity contribution in [1.29, 1.82) is 0 Å². The average molecular weight is 357 g/mol. The Labute approximate surface area is 139 Å². The van der Waals surface area contributed by atoms with Crippen LogP contribution in [0.15, 0.2) is 41.3 Å². The first-order chi connectivity index (χ1) is 11.3. The van der Waals surface area contributed by atoms with Crippen LogP contribution < -0.4 is 14.2 Å². The zero-order chi connectivity index (χ0) is 17.7. The van der Waals surface area contributed by atoms with Crippen LogP contribution in [-0.2, 0) is 10.0 Å². The highest BCUT2D eigenvalue weighted by Crippen LogP contribution is 2.21. The molecule has 0 bridgehead atoms. The fourth-order valence-corrected chi connectivity index (χ4v) is 3.11. The molecule has 0 unspecified atom stereocenters. The first kappa shape index (κ1) is 18.2. The van der Waals surface area contributed by atoms with Crippen LogP contribution >= 0.6 is 0 Å². The zero-order valence-corrected chi connectivity index (χ0v) is 14.0. The lowest BCUT2D eigenvalue weighted by Crippen LogP contribution is -2.28. The van der Waals surface area contributed by atoms with Crippen LogP contribution in [0.4, 0.5) is 8.78 Å². The Hall–Kier alpha value is -2.19. The third-order valence-corrected chi connectivity index (χ3v) is 4.69. The summed E-state index contributed by atoms with van der Waals surface area (Å²) in [6.45, 7) is 1.69. The summed E-state index contributed by atoms with van der Waals surface area (Å²) >= 11 is 0. The van der Waals surface area contributed by atoms with Gasteiger partial charge >= 0.3 is 0 Å². The van der Waals surface area contributed by atoms with Gasteiger partial charge in [0.05, 0.1) is 12.0 Å². The molecule has 1 N–H and O–H groups in total. The minimum atomic E-state index is -3.70. The standard InChI is InChI=1S/C16H17F2NO4S/c1-11-9-13(4-6-16(11)22-2)24(20,21)19-7-8-23-12-3-5-14(17)15(18)10-12/h3-6,9-10,19H,7-8H2,1-2H3. The van der Waals surface area contributed by atoms with Gasteiger partial charge in [0.25, 0.3) is 0 Å². The number of aryl methyl sites for hydroxylation is 1. The maximum absolute atomic E-state index is 13.0. The topological polar surface area (TPSA) is 64.6 Å². The third-order valence-electron chi connectivity index (χ3n) is 3.23. The second-order valence-corrected chi connectivity index (χ2v) is 6.72. The van der Waals surface area contributed by atoms with E-state index in [4.69, 9.17) is 9.47 Å². The van der Waals surface area contributed by atoms with E-state index in [1.165, 1.54) is 25.3 Å². The molecular weight excluding hydrogens is 340 g/mol. The Morgan fingerprint density at radius 1 is 1.08 bits per heavy atom. The highest BCUT2D eigenvalue weighted by atomic mass is 32.2. The number of hydrogen-bond acceptors (Lipinski definition) is 4. The van der Waals surface area contributed by atoms with E-state index in [-0.39, 0.29) is 23.8 Å². The lowest BCUT2D eigenvalue weighted by atomic mass is 10.2. The molecule has 2 aromatic carbocycles. The first-order valence-corrected chi connectivity index (χ1v) is 8.54. The summed E-state index contributed by atoms with van der Waals surface area (Å²) in [5.74, 6) is -1.29. The van der Waals surface area contributed by atoms with Gasteiger partial charge in [-0.3, -0.25) is 0 Å². The number of benzene rings is 2. The number of methoxy groups -OCH3 is 1. The van der Waals surface area contributed by atoms with Gasteiger partial charge in [-0.2, -0.15) is 0 Å². The summed E-state index contributed by atoms with van der Waals surface area (Å²) in [6, 6.07) is 7.61. The van der Waals surface area contributed by atoms with Crippen LogP contribution in [0.25, 0.3) is 0 Å². The summed E-state index contributed by atoms with van der Waals surface area (Å²) in [4.78, 5) is 0.105. The van der Waals surface area contributed by atoms with Gasteiger partial charge in [-0.1, -0.05) is 0 Å². The van der Waals surface area contributed by atoms with E-state index in [9.17, 15) is 17.2 Å². The van der Waals surface area contributed by atoms with Gasteiger partial charge in [-0.05, 0) is 42.8 Å². The molecule has 0 aromatic heterocycles. The summed E-state index contributed by atoms with van der Waals surface area (Å²) in [5.41, 5.74) is 0.693. The Bertz CT molecular complexity index is 825. The average Bonchev–Trinajstić information content (AvgIpc) is 2.54. The SMILES string of the molecule is COc1ccc(S(=O)(=O)NCCOc2ccc(F)c(F)c2)cc1C. The maximum Gasteiger partial charge on any atom is 0.240 e. The molecule has 0 amide bonds. The number of halogens is 2. The Morgan fingerprint density at radius 3 is 2.46 bits per heavy atom. The van der Waals surface area contributed by atoms with Crippen LogP contribution in [0.1, 0.15) is 5.56 Å². The molecule has 0 aliphatic rings. The van der Waals surface area contributed by atoms with Crippen molar-refractivity contribution in [3.05, 3.63) is 53.6 Å². The molecule has 0 aliphatic heterocycles.